The van der Waals surface area contributed by atoms with E-state index in [-0.39, 0.29) is 0 Å². The average molecular weight is 444 g/mol. The van der Waals surface area contributed by atoms with E-state index in [0.29, 0.717) is 5.41 Å². The molecule has 0 saturated heterocycles. The fourth-order valence-electron chi connectivity index (χ4n) is 7.24. The maximum atomic E-state index is 5.90. The van der Waals surface area contributed by atoms with Gasteiger partial charge in [-0.25, -0.2) is 0 Å². The number of hydrogen-bond acceptors (Lipinski definition) is 2. The monoisotopic (exact) mass is 443 g/mol. The molecule has 0 aliphatic heterocycles. The van der Waals surface area contributed by atoms with Gasteiger partial charge >= 0.3 is 0 Å². The van der Waals surface area contributed by atoms with E-state index in [1.807, 2.05) is 6.21 Å². The van der Waals surface area contributed by atoms with Gasteiger partial charge in [0, 0.05) is 6.21 Å². The van der Waals surface area contributed by atoms with Crippen LogP contribution in [-0.4, -0.2) is 12.8 Å². The Bertz CT molecular complexity index is 876. The molecule has 4 fully saturated rings. The van der Waals surface area contributed by atoms with Crippen LogP contribution in [0.4, 0.5) is 5.69 Å². The van der Waals surface area contributed by atoms with Crippen LogP contribution in [0.15, 0.2) is 53.5 Å². The highest BCUT2D eigenvalue weighted by molar-refractivity contribution is 5.82. The molecule has 4 aliphatic rings. The second-order valence-electron chi connectivity index (χ2n) is 11.2. The lowest BCUT2D eigenvalue weighted by Gasteiger charge is -2.57. The summed E-state index contributed by atoms with van der Waals surface area (Å²) in [7, 11) is 0. The summed E-state index contributed by atoms with van der Waals surface area (Å²) in [5.74, 6) is 3.94. The van der Waals surface area contributed by atoms with Gasteiger partial charge in [0.2, 0.25) is 0 Å². The van der Waals surface area contributed by atoms with Crippen LogP contribution in [0.1, 0.15) is 95.1 Å². The number of aliphatic imine (C=N–C) groups is 1. The van der Waals surface area contributed by atoms with Crippen LogP contribution < -0.4 is 4.74 Å². The molecule has 176 valence electrons. The molecule has 0 amide bonds. The van der Waals surface area contributed by atoms with Gasteiger partial charge in [-0.05, 0) is 116 Å². The zero-order valence-corrected chi connectivity index (χ0v) is 20.5. The Morgan fingerprint density at radius 3 is 2.03 bits per heavy atom. The van der Waals surface area contributed by atoms with E-state index in [1.165, 1.54) is 70.6 Å². The van der Waals surface area contributed by atoms with Gasteiger partial charge in [-0.15, -0.1) is 0 Å². The van der Waals surface area contributed by atoms with Gasteiger partial charge in [-0.1, -0.05) is 51.2 Å². The molecule has 0 radical (unpaired) electrons. The summed E-state index contributed by atoms with van der Waals surface area (Å²) in [5.41, 5.74) is 4.22. The Balaban J connectivity index is 1.11. The summed E-state index contributed by atoms with van der Waals surface area (Å²) in [6, 6.07) is 17.5. The average Bonchev–Trinajstić information content (AvgIpc) is 2.82. The minimum Gasteiger partial charge on any atom is -0.494 e. The van der Waals surface area contributed by atoms with E-state index < -0.39 is 0 Å². The van der Waals surface area contributed by atoms with Crippen molar-refractivity contribution in [3.63, 3.8) is 0 Å². The van der Waals surface area contributed by atoms with Crippen molar-refractivity contribution in [2.45, 2.75) is 89.4 Å². The predicted octanol–water partition coefficient (Wildman–Crippen LogP) is 8.64. The highest BCUT2D eigenvalue weighted by atomic mass is 16.5. The normalized spacial score (nSPS) is 28.0. The van der Waals surface area contributed by atoms with Gasteiger partial charge in [0.15, 0.2) is 0 Å². The number of ether oxygens (including phenoxy) is 1. The van der Waals surface area contributed by atoms with Crippen molar-refractivity contribution in [3.8, 4) is 5.75 Å². The van der Waals surface area contributed by atoms with Gasteiger partial charge in [0.05, 0.1) is 12.3 Å². The Kier molecular flexibility index (Phi) is 7.19. The van der Waals surface area contributed by atoms with Crippen molar-refractivity contribution in [1.29, 1.82) is 0 Å². The molecule has 2 aromatic rings. The Labute approximate surface area is 200 Å². The fourth-order valence-corrected chi connectivity index (χ4v) is 7.24. The molecule has 0 spiro atoms. The van der Waals surface area contributed by atoms with Crippen LogP contribution in [-0.2, 0) is 5.41 Å². The highest BCUT2D eigenvalue weighted by Gasteiger charge is 2.51. The maximum absolute atomic E-state index is 5.90. The third-order valence-corrected chi connectivity index (χ3v) is 8.53. The van der Waals surface area contributed by atoms with Gasteiger partial charge in [-0.2, -0.15) is 0 Å². The van der Waals surface area contributed by atoms with Crippen LogP contribution in [0.2, 0.25) is 0 Å². The minimum absolute atomic E-state index is 0.475. The van der Waals surface area contributed by atoms with E-state index in [9.17, 15) is 0 Å². The SMILES string of the molecule is CCCCCCCCOc1ccc(C=Nc2ccc(C34CC5CC(CC(C5)C3)C4)cc2)cc1. The Hall–Kier alpha value is -2.09. The first kappa shape index (κ1) is 22.7. The summed E-state index contributed by atoms with van der Waals surface area (Å²) >= 11 is 0. The van der Waals surface area contributed by atoms with E-state index in [2.05, 4.69) is 55.5 Å². The number of rotatable bonds is 11. The lowest BCUT2D eigenvalue weighted by atomic mass is 9.48. The quantitative estimate of drug-likeness (QED) is 0.251. The molecule has 0 heterocycles. The number of nitrogens with zero attached hydrogens (tertiary/aromatic N) is 1. The van der Waals surface area contributed by atoms with E-state index in [1.54, 1.807) is 5.56 Å². The van der Waals surface area contributed by atoms with Crippen LogP contribution in [0, 0.1) is 17.8 Å². The molecule has 0 aromatic heterocycles. The number of benzene rings is 2. The van der Waals surface area contributed by atoms with Crippen LogP contribution in [0.25, 0.3) is 0 Å². The van der Waals surface area contributed by atoms with Crippen molar-refractivity contribution >= 4 is 11.9 Å². The molecule has 2 nitrogen and oxygen atoms in total. The highest BCUT2D eigenvalue weighted by Crippen LogP contribution is 2.60. The molecule has 4 bridgehead atoms. The molecule has 4 aliphatic carbocycles. The first-order valence-corrected chi connectivity index (χ1v) is 13.6. The predicted molar refractivity (Wildman–Crippen MR) is 139 cm³/mol. The molecular weight excluding hydrogens is 402 g/mol. The van der Waals surface area contributed by atoms with E-state index in [0.717, 1.165) is 47.8 Å². The molecule has 33 heavy (non-hydrogen) atoms. The van der Waals surface area contributed by atoms with Crippen molar-refractivity contribution in [2.24, 2.45) is 22.7 Å². The summed E-state index contributed by atoms with van der Waals surface area (Å²) in [4.78, 5) is 4.74. The summed E-state index contributed by atoms with van der Waals surface area (Å²) in [5, 5.41) is 0. The first-order chi connectivity index (χ1) is 16.2. The van der Waals surface area contributed by atoms with Crippen LogP contribution in [0.3, 0.4) is 0 Å². The van der Waals surface area contributed by atoms with E-state index >= 15 is 0 Å². The summed E-state index contributed by atoms with van der Waals surface area (Å²) < 4.78 is 5.90. The molecular formula is C31H41NO. The molecule has 2 heteroatoms. The third-order valence-electron chi connectivity index (χ3n) is 8.53. The molecule has 2 aromatic carbocycles. The number of hydrogen-bond donors (Lipinski definition) is 0. The standard InChI is InChI=1S/C31H41NO/c1-2-3-4-5-6-7-16-33-30-14-8-24(9-15-30)23-32-29-12-10-28(11-13-29)31-20-25-17-26(21-31)19-27(18-25)22-31/h8-15,23,25-27H,2-7,16-22H2,1H3. The number of unbranched alkanes of at least 4 members (excludes halogenated alkanes) is 5. The molecule has 6 rings (SSSR count). The van der Waals surface area contributed by atoms with Gasteiger partial charge in [0.1, 0.15) is 5.75 Å². The fraction of sp³-hybridized carbons (Fsp3) is 0.581. The second kappa shape index (κ2) is 10.5. The summed E-state index contributed by atoms with van der Waals surface area (Å²) in [6.45, 7) is 3.08. The Morgan fingerprint density at radius 2 is 1.39 bits per heavy atom. The van der Waals surface area contributed by atoms with Crippen molar-refractivity contribution in [1.82, 2.24) is 0 Å². The third kappa shape index (κ3) is 5.53. The Morgan fingerprint density at radius 1 is 0.788 bits per heavy atom. The zero-order valence-electron chi connectivity index (χ0n) is 20.5. The molecule has 4 saturated carbocycles. The van der Waals surface area contributed by atoms with Gasteiger partial charge in [-0.3, -0.25) is 4.99 Å². The van der Waals surface area contributed by atoms with Crippen LogP contribution >= 0.6 is 0 Å². The summed E-state index contributed by atoms with van der Waals surface area (Å²) in [6.07, 6.45) is 18.5. The maximum Gasteiger partial charge on any atom is 0.119 e. The minimum atomic E-state index is 0.475. The second-order valence-corrected chi connectivity index (χ2v) is 11.2. The van der Waals surface area contributed by atoms with Crippen molar-refractivity contribution < 1.29 is 4.74 Å². The molecule has 0 atom stereocenters. The molecule has 0 N–H and O–H groups in total. The van der Waals surface area contributed by atoms with Gasteiger partial charge < -0.3 is 4.74 Å². The topological polar surface area (TPSA) is 21.6 Å². The van der Waals surface area contributed by atoms with Crippen molar-refractivity contribution in [3.05, 3.63) is 59.7 Å². The van der Waals surface area contributed by atoms with E-state index in [4.69, 9.17) is 9.73 Å². The van der Waals surface area contributed by atoms with Crippen LogP contribution in [0.5, 0.6) is 5.75 Å². The lowest BCUT2D eigenvalue weighted by molar-refractivity contribution is -0.00518. The van der Waals surface area contributed by atoms with Crippen molar-refractivity contribution in [2.75, 3.05) is 6.61 Å². The zero-order chi connectivity index (χ0) is 22.5. The molecule has 0 unspecified atom stereocenters. The lowest BCUT2D eigenvalue weighted by Crippen LogP contribution is -2.48. The first-order valence-electron chi connectivity index (χ1n) is 13.6. The largest absolute Gasteiger partial charge is 0.494 e. The van der Waals surface area contributed by atoms with Gasteiger partial charge in [0.25, 0.3) is 0 Å². The smallest absolute Gasteiger partial charge is 0.119 e.